The molecule has 27 heavy (non-hydrogen) atoms. The Labute approximate surface area is 166 Å². The summed E-state index contributed by atoms with van der Waals surface area (Å²) in [6.07, 6.45) is 1.67. The lowest BCUT2D eigenvalue weighted by atomic mass is 10.2. The van der Waals surface area contributed by atoms with Crippen LogP contribution in [0.5, 0.6) is 5.75 Å². The Morgan fingerprint density at radius 3 is 2.63 bits per heavy atom. The van der Waals surface area contributed by atoms with E-state index in [9.17, 15) is 0 Å². The van der Waals surface area contributed by atoms with E-state index in [0.29, 0.717) is 28.5 Å². The van der Waals surface area contributed by atoms with Crippen molar-refractivity contribution >= 4 is 35.5 Å². The first kappa shape index (κ1) is 19.1. The summed E-state index contributed by atoms with van der Waals surface area (Å²) in [4.78, 5) is 0. The van der Waals surface area contributed by atoms with E-state index in [1.807, 2.05) is 55.5 Å². The summed E-state index contributed by atoms with van der Waals surface area (Å²) in [7, 11) is 0. The summed E-state index contributed by atoms with van der Waals surface area (Å²) in [5.74, 6) is 7.91. The van der Waals surface area contributed by atoms with Gasteiger partial charge in [-0.25, -0.2) is 10.1 Å². The Morgan fingerprint density at radius 2 is 1.93 bits per heavy atom. The van der Waals surface area contributed by atoms with Gasteiger partial charge in [0.2, 0.25) is 5.16 Å². The van der Waals surface area contributed by atoms with Crippen LogP contribution >= 0.6 is 23.4 Å². The first-order chi connectivity index (χ1) is 13.2. The maximum absolute atomic E-state index is 6.02. The fourth-order valence-corrected chi connectivity index (χ4v) is 3.10. The van der Waals surface area contributed by atoms with Gasteiger partial charge in [0.25, 0.3) is 5.95 Å². The zero-order chi connectivity index (χ0) is 19.1. The minimum Gasteiger partial charge on any atom is -0.494 e. The van der Waals surface area contributed by atoms with Gasteiger partial charge in [-0.05, 0) is 54.4 Å². The molecule has 1 aromatic heterocycles. The van der Waals surface area contributed by atoms with Crippen molar-refractivity contribution in [1.82, 2.24) is 14.9 Å². The number of hydrazone groups is 1. The van der Waals surface area contributed by atoms with Gasteiger partial charge in [0.1, 0.15) is 5.75 Å². The van der Waals surface area contributed by atoms with E-state index >= 15 is 0 Å². The second kappa shape index (κ2) is 9.29. The summed E-state index contributed by atoms with van der Waals surface area (Å²) < 4.78 is 6.78. The molecule has 0 amide bonds. The Hall–Kier alpha value is -2.71. The highest BCUT2D eigenvalue weighted by Crippen LogP contribution is 2.22. The van der Waals surface area contributed by atoms with E-state index in [0.717, 1.165) is 16.9 Å². The molecule has 0 aliphatic heterocycles. The van der Waals surface area contributed by atoms with Gasteiger partial charge in [-0.15, -0.1) is 10.2 Å². The average Bonchev–Trinajstić information content (AvgIpc) is 3.03. The van der Waals surface area contributed by atoms with Gasteiger partial charge in [-0.2, -0.15) is 5.10 Å². The molecule has 0 atom stereocenters. The van der Waals surface area contributed by atoms with E-state index in [1.54, 1.807) is 6.21 Å². The highest BCUT2D eigenvalue weighted by atomic mass is 35.5. The molecule has 0 bridgehead atoms. The summed E-state index contributed by atoms with van der Waals surface area (Å²) in [6.45, 7) is 2.59. The largest absolute Gasteiger partial charge is 0.494 e. The van der Waals surface area contributed by atoms with Gasteiger partial charge in [-0.3, -0.25) is 0 Å². The molecule has 9 heteroatoms. The Morgan fingerprint density at radius 1 is 1.19 bits per heavy atom. The van der Waals surface area contributed by atoms with Crippen LogP contribution in [0.15, 0.2) is 58.8 Å². The van der Waals surface area contributed by atoms with Crippen LogP contribution in [0.25, 0.3) is 0 Å². The third-order valence-electron chi connectivity index (χ3n) is 3.52. The average molecular weight is 403 g/mol. The third-order valence-corrected chi connectivity index (χ3v) is 4.78. The zero-order valence-electron chi connectivity index (χ0n) is 14.7. The highest BCUT2D eigenvalue weighted by molar-refractivity contribution is 7.98. The number of aromatic nitrogens is 3. The van der Waals surface area contributed by atoms with E-state index in [4.69, 9.17) is 22.2 Å². The monoisotopic (exact) mass is 402 g/mol. The van der Waals surface area contributed by atoms with Crippen molar-refractivity contribution in [2.24, 2.45) is 5.10 Å². The van der Waals surface area contributed by atoms with Gasteiger partial charge in [0, 0.05) is 10.8 Å². The molecule has 1 heterocycles. The number of benzene rings is 2. The van der Waals surface area contributed by atoms with Crippen LogP contribution < -0.4 is 16.0 Å². The Kier molecular flexibility index (Phi) is 6.56. The molecule has 0 spiro atoms. The fourth-order valence-electron chi connectivity index (χ4n) is 2.16. The van der Waals surface area contributed by atoms with E-state index in [1.165, 1.54) is 16.4 Å². The predicted octanol–water partition coefficient (Wildman–Crippen LogP) is 3.78. The minimum absolute atomic E-state index is 0.357. The summed E-state index contributed by atoms with van der Waals surface area (Å²) in [5.41, 5.74) is 4.84. The lowest BCUT2D eigenvalue weighted by molar-refractivity contribution is 0.340. The number of nitrogen functional groups attached to an aromatic ring is 1. The standard InChI is InChI=1S/C18H19ClN6OS/c1-2-26-16-9-5-13(6-10-16)11-21-22-17-23-24-18(25(17)20)27-12-14-3-7-15(19)8-4-14/h3-11H,2,12,20H2,1H3,(H,22,23)/b21-11+. The molecule has 0 radical (unpaired) electrons. The second-order valence-corrected chi connectivity index (χ2v) is 6.84. The SMILES string of the molecule is CCOc1ccc(/C=N/Nc2nnc(SCc3ccc(Cl)cc3)n2N)cc1. The Balaban J connectivity index is 1.55. The van der Waals surface area contributed by atoms with Crippen molar-refractivity contribution in [1.29, 1.82) is 0 Å². The quantitative estimate of drug-likeness (QED) is 0.258. The molecular weight excluding hydrogens is 384 g/mol. The first-order valence-corrected chi connectivity index (χ1v) is 9.61. The van der Waals surface area contributed by atoms with Crippen LogP contribution in [0.2, 0.25) is 5.02 Å². The van der Waals surface area contributed by atoms with E-state index < -0.39 is 0 Å². The number of nitrogens with one attached hydrogen (secondary N) is 1. The van der Waals surface area contributed by atoms with Crippen LogP contribution in [-0.2, 0) is 5.75 Å². The van der Waals surface area contributed by atoms with Crippen molar-refractivity contribution in [2.75, 3.05) is 17.9 Å². The van der Waals surface area contributed by atoms with Crippen molar-refractivity contribution in [3.63, 3.8) is 0 Å². The number of nitrogens with zero attached hydrogens (tertiary/aromatic N) is 4. The number of ether oxygens (including phenoxy) is 1. The fraction of sp³-hybridized carbons (Fsp3) is 0.167. The van der Waals surface area contributed by atoms with E-state index in [2.05, 4.69) is 20.7 Å². The zero-order valence-corrected chi connectivity index (χ0v) is 16.2. The maximum atomic E-state index is 6.02. The van der Waals surface area contributed by atoms with E-state index in [-0.39, 0.29) is 0 Å². The van der Waals surface area contributed by atoms with Crippen LogP contribution in [0.3, 0.4) is 0 Å². The minimum atomic E-state index is 0.357. The summed E-state index contributed by atoms with van der Waals surface area (Å²) >= 11 is 7.37. The number of nitrogens with two attached hydrogens (primary N) is 1. The number of rotatable bonds is 8. The van der Waals surface area contributed by atoms with Crippen molar-refractivity contribution in [2.45, 2.75) is 17.8 Å². The second-order valence-electron chi connectivity index (χ2n) is 5.46. The molecule has 0 aliphatic carbocycles. The number of hydrogen-bond acceptors (Lipinski definition) is 7. The molecule has 2 aromatic carbocycles. The van der Waals surface area contributed by atoms with Gasteiger partial charge < -0.3 is 10.6 Å². The van der Waals surface area contributed by atoms with Crippen molar-refractivity contribution < 1.29 is 4.74 Å². The maximum Gasteiger partial charge on any atom is 0.264 e. The summed E-state index contributed by atoms with van der Waals surface area (Å²) in [5, 5.41) is 13.5. The predicted molar refractivity (Wildman–Crippen MR) is 110 cm³/mol. The number of thioether (sulfide) groups is 1. The molecule has 140 valence electrons. The molecule has 0 saturated heterocycles. The topological polar surface area (TPSA) is 90.3 Å². The van der Waals surface area contributed by atoms with Gasteiger partial charge >= 0.3 is 0 Å². The normalized spacial score (nSPS) is 11.0. The van der Waals surface area contributed by atoms with Gasteiger partial charge in [0.15, 0.2) is 0 Å². The summed E-state index contributed by atoms with van der Waals surface area (Å²) in [6, 6.07) is 15.2. The van der Waals surface area contributed by atoms with Gasteiger partial charge in [-0.1, -0.05) is 35.5 Å². The smallest absolute Gasteiger partial charge is 0.264 e. The molecule has 7 nitrogen and oxygen atoms in total. The molecule has 0 saturated carbocycles. The van der Waals surface area contributed by atoms with Crippen LogP contribution in [0.1, 0.15) is 18.1 Å². The molecule has 3 aromatic rings. The number of hydrogen-bond donors (Lipinski definition) is 2. The Bertz CT molecular complexity index is 895. The number of halogens is 1. The lowest BCUT2D eigenvalue weighted by Crippen LogP contribution is -2.13. The van der Waals surface area contributed by atoms with Crippen LogP contribution in [0, 0.1) is 0 Å². The van der Waals surface area contributed by atoms with Crippen molar-refractivity contribution in [3.05, 3.63) is 64.7 Å². The number of anilines is 1. The first-order valence-electron chi connectivity index (χ1n) is 8.25. The molecule has 3 rings (SSSR count). The van der Waals surface area contributed by atoms with Crippen LogP contribution in [0.4, 0.5) is 5.95 Å². The lowest BCUT2D eigenvalue weighted by Gasteiger charge is -2.04. The molecule has 0 fully saturated rings. The van der Waals surface area contributed by atoms with Crippen molar-refractivity contribution in [3.8, 4) is 5.75 Å². The third kappa shape index (κ3) is 5.38. The van der Waals surface area contributed by atoms with Gasteiger partial charge in [0.05, 0.1) is 12.8 Å². The molecule has 3 N–H and O–H groups in total. The molecular formula is C18H19ClN6OS. The highest BCUT2D eigenvalue weighted by Gasteiger charge is 2.09. The molecule has 0 unspecified atom stereocenters. The molecule has 0 aliphatic rings. The van der Waals surface area contributed by atoms with Crippen LogP contribution in [-0.4, -0.2) is 27.7 Å².